The van der Waals surface area contributed by atoms with Gasteiger partial charge in [-0.2, -0.15) is 5.10 Å². The molecule has 90 valence electrons. The van der Waals surface area contributed by atoms with Crippen molar-refractivity contribution in [2.75, 3.05) is 26.1 Å². The maximum Gasteiger partial charge on any atom is 0.269 e. The van der Waals surface area contributed by atoms with Gasteiger partial charge in [-0.1, -0.05) is 0 Å². The molecule has 5 nitrogen and oxygen atoms in total. The number of rotatable bonds is 3. The van der Waals surface area contributed by atoms with Crippen molar-refractivity contribution < 1.29 is 9.53 Å². The predicted molar refractivity (Wildman–Crippen MR) is 66.3 cm³/mol. The summed E-state index contributed by atoms with van der Waals surface area (Å²) >= 11 is 0. The van der Waals surface area contributed by atoms with Gasteiger partial charge in [0.25, 0.3) is 5.91 Å². The standard InChI is InChI=1S/C12H15N3O2/c1-15-8-7-11(12(15)16)14-13-9-3-5-10(17-2)6-4-9/h3-6,13H,7-8H2,1-2H3/b14-11+. The molecule has 1 aliphatic heterocycles. The fourth-order valence-corrected chi connectivity index (χ4v) is 1.60. The van der Waals surface area contributed by atoms with E-state index < -0.39 is 0 Å². The summed E-state index contributed by atoms with van der Waals surface area (Å²) in [6.45, 7) is 0.738. The number of hydrogen-bond donors (Lipinski definition) is 1. The number of hydrazone groups is 1. The molecule has 0 radical (unpaired) electrons. The molecule has 0 atom stereocenters. The molecule has 0 unspecified atom stereocenters. The third-order valence-electron chi connectivity index (χ3n) is 2.69. The fourth-order valence-electron chi connectivity index (χ4n) is 1.60. The molecule has 1 aliphatic rings. The number of nitrogens with zero attached hydrogens (tertiary/aromatic N) is 2. The average molecular weight is 233 g/mol. The second-order valence-corrected chi connectivity index (χ2v) is 3.88. The number of likely N-dealkylation sites (tertiary alicyclic amines) is 1. The van der Waals surface area contributed by atoms with Gasteiger partial charge in [0.1, 0.15) is 11.5 Å². The minimum Gasteiger partial charge on any atom is -0.497 e. The second-order valence-electron chi connectivity index (χ2n) is 3.88. The monoisotopic (exact) mass is 233 g/mol. The molecule has 1 aromatic carbocycles. The number of hydrogen-bond acceptors (Lipinski definition) is 4. The molecular formula is C12H15N3O2. The normalized spacial score (nSPS) is 17.6. The Labute approximate surface area is 100 Å². The Balaban J connectivity index is 2.02. The summed E-state index contributed by atoms with van der Waals surface area (Å²) in [7, 11) is 3.40. The van der Waals surface area contributed by atoms with Crippen LogP contribution in [0.25, 0.3) is 0 Å². The molecule has 2 rings (SSSR count). The van der Waals surface area contributed by atoms with Crippen LogP contribution < -0.4 is 10.2 Å². The van der Waals surface area contributed by atoms with Crippen molar-refractivity contribution >= 4 is 17.3 Å². The third kappa shape index (κ3) is 2.55. The van der Waals surface area contributed by atoms with Crippen molar-refractivity contribution in [1.82, 2.24) is 4.90 Å². The Morgan fingerprint density at radius 3 is 2.59 bits per heavy atom. The molecule has 5 heteroatoms. The van der Waals surface area contributed by atoms with Crippen LogP contribution in [0, 0.1) is 0 Å². The fraction of sp³-hybridized carbons (Fsp3) is 0.333. The number of anilines is 1. The lowest BCUT2D eigenvalue weighted by Crippen LogP contribution is -2.23. The van der Waals surface area contributed by atoms with Crippen molar-refractivity contribution in [3.05, 3.63) is 24.3 Å². The molecule has 1 saturated heterocycles. The van der Waals surface area contributed by atoms with E-state index in [4.69, 9.17) is 4.74 Å². The first kappa shape index (κ1) is 11.4. The molecule has 0 spiro atoms. The van der Waals surface area contributed by atoms with Crippen LogP contribution in [0.2, 0.25) is 0 Å². The van der Waals surface area contributed by atoms with Crippen molar-refractivity contribution in [2.24, 2.45) is 5.10 Å². The predicted octanol–water partition coefficient (Wildman–Crippen LogP) is 1.33. The minimum absolute atomic E-state index is 0.00832. The van der Waals surface area contributed by atoms with E-state index in [1.54, 1.807) is 19.1 Å². The number of carbonyl (C=O) groups excluding carboxylic acids is 1. The van der Waals surface area contributed by atoms with Gasteiger partial charge in [-0.05, 0) is 24.3 Å². The van der Waals surface area contributed by atoms with Gasteiger partial charge in [0.05, 0.1) is 12.8 Å². The maximum absolute atomic E-state index is 11.6. The van der Waals surface area contributed by atoms with Crippen LogP contribution in [0.3, 0.4) is 0 Å². The number of ether oxygens (including phenoxy) is 1. The smallest absolute Gasteiger partial charge is 0.269 e. The van der Waals surface area contributed by atoms with Crippen LogP contribution in [-0.4, -0.2) is 37.2 Å². The summed E-state index contributed by atoms with van der Waals surface area (Å²) in [4.78, 5) is 13.2. The number of methoxy groups -OCH3 is 1. The topological polar surface area (TPSA) is 53.9 Å². The van der Waals surface area contributed by atoms with Crippen LogP contribution in [0.15, 0.2) is 29.4 Å². The highest BCUT2D eigenvalue weighted by molar-refractivity contribution is 6.40. The molecule has 1 N–H and O–H groups in total. The molecule has 17 heavy (non-hydrogen) atoms. The summed E-state index contributed by atoms with van der Waals surface area (Å²) in [6, 6.07) is 7.38. The summed E-state index contributed by atoms with van der Waals surface area (Å²) < 4.78 is 5.05. The Kier molecular flexibility index (Phi) is 3.27. The lowest BCUT2D eigenvalue weighted by atomic mass is 10.3. The largest absolute Gasteiger partial charge is 0.497 e. The van der Waals surface area contributed by atoms with Gasteiger partial charge in [-0.25, -0.2) is 0 Å². The van der Waals surface area contributed by atoms with Crippen LogP contribution in [0.1, 0.15) is 6.42 Å². The van der Waals surface area contributed by atoms with E-state index in [-0.39, 0.29) is 5.91 Å². The number of nitrogens with one attached hydrogen (secondary N) is 1. The zero-order valence-corrected chi connectivity index (χ0v) is 9.93. The van der Waals surface area contributed by atoms with E-state index >= 15 is 0 Å². The molecular weight excluding hydrogens is 218 g/mol. The van der Waals surface area contributed by atoms with Gasteiger partial charge in [0.15, 0.2) is 0 Å². The molecule has 0 aliphatic carbocycles. The first-order chi connectivity index (χ1) is 8.20. The maximum atomic E-state index is 11.6. The van der Waals surface area contributed by atoms with E-state index in [0.717, 1.165) is 18.0 Å². The van der Waals surface area contributed by atoms with Crippen molar-refractivity contribution in [1.29, 1.82) is 0 Å². The van der Waals surface area contributed by atoms with Gasteiger partial charge in [0, 0.05) is 20.0 Å². The first-order valence-corrected chi connectivity index (χ1v) is 5.43. The number of benzene rings is 1. The van der Waals surface area contributed by atoms with Gasteiger partial charge >= 0.3 is 0 Å². The summed E-state index contributed by atoms with van der Waals surface area (Å²) in [5.74, 6) is 0.783. The first-order valence-electron chi connectivity index (χ1n) is 5.43. The molecule has 1 amide bonds. The Bertz CT molecular complexity index is 440. The Morgan fingerprint density at radius 2 is 2.06 bits per heavy atom. The lowest BCUT2D eigenvalue weighted by Gasteiger charge is -2.05. The van der Waals surface area contributed by atoms with Gasteiger partial charge in [-0.3, -0.25) is 10.2 Å². The molecule has 1 heterocycles. The molecule has 0 saturated carbocycles. The van der Waals surface area contributed by atoms with Crippen LogP contribution in [0.5, 0.6) is 5.75 Å². The number of carbonyl (C=O) groups is 1. The Morgan fingerprint density at radius 1 is 1.35 bits per heavy atom. The lowest BCUT2D eigenvalue weighted by molar-refractivity contribution is -0.121. The van der Waals surface area contributed by atoms with Gasteiger partial charge < -0.3 is 9.64 Å². The van der Waals surface area contributed by atoms with E-state index in [9.17, 15) is 4.79 Å². The van der Waals surface area contributed by atoms with Gasteiger partial charge in [-0.15, -0.1) is 0 Å². The minimum atomic E-state index is -0.00832. The van der Waals surface area contributed by atoms with Crippen LogP contribution in [0.4, 0.5) is 5.69 Å². The highest BCUT2D eigenvalue weighted by atomic mass is 16.5. The molecule has 1 aromatic rings. The molecule has 0 bridgehead atoms. The molecule has 0 aromatic heterocycles. The summed E-state index contributed by atoms with van der Waals surface area (Å²) in [5, 5.41) is 4.12. The number of amides is 1. The van der Waals surface area contributed by atoms with E-state index in [1.807, 2.05) is 24.3 Å². The SMILES string of the molecule is COc1ccc(N/N=C2\CCN(C)C2=O)cc1. The van der Waals surface area contributed by atoms with Crippen molar-refractivity contribution in [3.63, 3.8) is 0 Å². The zero-order chi connectivity index (χ0) is 12.3. The average Bonchev–Trinajstić information content (AvgIpc) is 2.68. The third-order valence-corrected chi connectivity index (χ3v) is 2.69. The van der Waals surface area contributed by atoms with Crippen LogP contribution >= 0.6 is 0 Å². The second kappa shape index (κ2) is 4.86. The van der Waals surface area contributed by atoms with E-state index in [2.05, 4.69) is 10.5 Å². The van der Waals surface area contributed by atoms with Gasteiger partial charge in [0.2, 0.25) is 0 Å². The summed E-state index contributed by atoms with van der Waals surface area (Å²) in [5.41, 5.74) is 4.28. The van der Waals surface area contributed by atoms with E-state index in [0.29, 0.717) is 12.1 Å². The summed E-state index contributed by atoms with van der Waals surface area (Å²) in [6.07, 6.45) is 0.693. The quantitative estimate of drug-likeness (QED) is 0.801. The van der Waals surface area contributed by atoms with Crippen molar-refractivity contribution in [2.45, 2.75) is 6.42 Å². The highest BCUT2D eigenvalue weighted by Crippen LogP contribution is 2.15. The molecule has 1 fully saturated rings. The Hall–Kier alpha value is -2.04. The van der Waals surface area contributed by atoms with E-state index in [1.165, 1.54) is 0 Å². The van der Waals surface area contributed by atoms with Crippen LogP contribution in [-0.2, 0) is 4.79 Å². The van der Waals surface area contributed by atoms with Crippen molar-refractivity contribution in [3.8, 4) is 5.75 Å². The zero-order valence-electron chi connectivity index (χ0n) is 9.93. The highest BCUT2D eigenvalue weighted by Gasteiger charge is 2.23.